The number of carbonyl (C=O) groups is 1. The molecule has 0 bridgehead atoms. The van der Waals surface area contributed by atoms with Crippen LogP contribution < -0.4 is 9.47 Å². The van der Waals surface area contributed by atoms with Gasteiger partial charge in [0, 0.05) is 25.4 Å². The molecule has 1 saturated heterocycles. The van der Waals surface area contributed by atoms with Gasteiger partial charge in [0.2, 0.25) is 5.91 Å². The van der Waals surface area contributed by atoms with Crippen molar-refractivity contribution >= 4 is 12.0 Å². The number of ether oxygens (including phenoxy) is 2. The van der Waals surface area contributed by atoms with E-state index < -0.39 is 0 Å². The summed E-state index contributed by atoms with van der Waals surface area (Å²) in [6.07, 6.45) is 7.75. The summed E-state index contributed by atoms with van der Waals surface area (Å²) in [5, 5.41) is 7.82. The van der Waals surface area contributed by atoms with E-state index in [2.05, 4.69) is 10.3 Å². The summed E-state index contributed by atoms with van der Waals surface area (Å²) in [6, 6.07) is 5.74. The van der Waals surface area contributed by atoms with Crippen molar-refractivity contribution in [1.82, 2.24) is 19.9 Å². The Hall–Kier alpha value is -2.83. The largest absolute Gasteiger partial charge is 0.493 e. The van der Waals surface area contributed by atoms with Crippen LogP contribution in [0.5, 0.6) is 11.5 Å². The monoisotopic (exact) mass is 328 g/mol. The molecule has 24 heavy (non-hydrogen) atoms. The standard InChI is InChI=1S/C17H20N4O3/c1-23-15-5-3-13(11-16(15)24-2)4-6-17(22)20-9-7-14(12-20)21-10-8-18-19-21/h3-6,8,10-11,14H,7,9,12H2,1-2H3/b6-4+. The molecule has 3 rings (SSSR count). The molecule has 1 aliphatic rings. The van der Waals surface area contributed by atoms with E-state index in [0.29, 0.717) is 18.0 Å². The third kappa shape index (κ3) is 3.40. The highest BCUT2D eigenvalue weighted by atomic mass is 16.5. The minimum Gasteiger partial charge on any atom is -0.493 e. The van der Waals surface area contributed by atoms with Crippen molar-refractivity contribution in [2.24, 2.45) is 0 Å². The fraction of sp³-hybridized carbons (Fsp3) is 0.353. The number of rotatable bonds is 5. The molecule has 1 fully saturated rings. The second-order valence-corrected chi connectivity index (χ2v) is 5.56. The average molecular weight is 328 g/mol. The molecular formula is C17H20N4O3. The first-order valence-corrected chi connectivity index (χ1v) is 7.76. The van der Waals surface area contributed by atoms with Crippen LogP contribution in [0, 0.1) is 0 Å². The fourth-order valence-electron chi connectivity index (χ4n) is 2.80. The lowest BCUT2D eigenvalue weighted by Gasteiger charge is -2.14. The second kappa shape index (κ2) is 7.16. The van der Waals surface area contributed by atoms with Gasteiger partial charge in [-0.1, -0.05) is 11.3 Å². The molecule has 1 aromatic carbocycles. The van der Waals surface area contributed by atoms with Crippen molar-refractivity contribution in [1.29, 1.82) is 0 Å². The van der Waals surface area contributed by atoms with Crippen molar-refractivity contribution in [3.8, 4) is 11.5 Å². The lowest BCUT2D eigenvalue weighted by Crippen LogP contribution is -2.27. The van der Waals surface area contributed by atoms with Gasteiger partial charge in [0.15, 0.2) is 11.5 Å². The first kappa shape index (κ1) is 16.0. The van der Waals surface area contributed by atoms with Gasteiger partial charge in [-0.15, -0.1) is 5.10 Å². The van der Waals surface area contributed by atoms with Crippen molar-refractivity contribution in [2.45, 2.75) is 12.5 Å². The Balaban J connectivity index is 1.63. The predicted octanol–water partition coefficient (Wildman–Crippen LogP) is 1.78. The highest BCUT2D eigenvalue weighted by Crippen LogP contribution is 2.28. The summed E-state index contributed by atoms with van der Waals surface area (Å²) < 4.78 is 12.3. The molecule has 1 atom stereocenters. The van der Waals surface area contributed by atoms with Gasteiger partial charge < -0.3 is 14.4 Å². The number of nitrogens with zero attached hydrogens (tertiary/aromatic N) is 4. The molecule has 1 amide bonds. The molecule has 2 heterocycles. The van der Waals surface area contributed by atoms with E-state index in [1.165, 1.54) is 0 Å². The highest BCUT2D eigenvalue weighted by Gasteiger charge is 2.26. The summed E-state index contributed by atoms with van der Waals surface area (Å²) in [6.45, 7) is 1.37. The molecule has 0 spiro atoms. The quantitative estimate of drug-likeness (QED) is 0.783. The number of likely N-dealkylation sites (tertiary alicyclic amines) is 1. The van der Waals surface area contributed by atoms with Crippen molar-refractivity contribution < 1.29 is 14.3 Å². The topological polar surface area (TPSA) is 69.5 Å². The lowest BCUT2D eigenvalue weighted by molar-refractivity contribution is -0.125. The van der Waals surface area contributed by atoms with Crippen LogP contribution in [0.15, 0.2) is 36.7 Å². The maximum atomic E-state index is 12.3. The van der Waals surface area contributed by atoms with Gasteiger partial charge in [0.05, 0.1) is 26.5 Å². The number of hydrogen-bond donors (Lipinski definition) is 0. The van der Waals surface area contributed by atoms with Crippen LogP contribution in [-0.4, -0.2) is 53.1 Å². The molecule has 126 valence electrons. The molecular weight excluding hydrogens is 308 g/mol. The molecule has 7 heteroatoms. The van der Waals surface area contributed by atoms with E-state index in [9.17, 15) is 4.79 Å². The minimum absolute atomic E-state index is 0.00704. The zero-order valence-corrected chi connectivity index (χ0v) is 13.8. The SMILES string of the molecule is COc1ccc(/C=C/C(=O)N2CCC(n3ccnn3)C2)cc1OC. The van der Waals surface area contributed by atoms with Gasteiger partial charge in [-0.25, -0.2) is 4.68 Å². The van der Waals surface area contributed by atoms with Gasteiger partial charge in [-0.2, -0.15) is 0 Å². The number of benzene rings is 1. The predicted molar refractivity (Wildman–Crippen MR) is 88.8 cm³/mol. The van der Waals surface area contributed by atoms with E-state index in [1.54, 1.807) is 32.6 Å². The van der Waals surface area contributed by atoms with Gasteiger partial charge in [-0.05, 0) is 30.2 Å². The zero-order valence-electron chi connectivity index (χ0n) is 13.8. The highest BCUT2D eigenvalue weighted by molar-refractivity contribution is 5.92. The summed E-state index contributed by atoms with van der Waals surface area (Å²) in [7, 11) is 3.18. The Kier molecular flexibility index (Phi) is 4.79. The van der Waals surface area contributed by atoms with Crippen molar-refractivity contribution in [3.63, 3.8) is 0 Å². The molecule has 1 aromatic heterocycles. The fourth-order valence-corrected chi connectivity index (χ4v) is 2.80. The van der Waals surface area contributed by atoms with Gasteiger partial charge >= 0.3 is 0 Å². The molecule has 0 aliphatic carbocycles. The Bertz CT molecular complexity index is 727. The van der Waals surface area contributed by atoms with Crippen LogP contribution in [-0.2, 0) is 4.79 Å². The number of carbonyl (C=O) groups excluding carboxylic acids is 1. The lowest BCUT2D eigenvalue weighted by atomic mass is 10.2. The Morgan fingerprint density at radius 2 is 2.12 bits per heavy atom. The Labute approximate surface area is 140 Å². The molecule has 1 aliphatic heterocycles. The molecule has 7 nitrogen and oxygen atoms in total. The van der Waals surface area contributed by atoms with Crippen LogP contribution in [0.4, 0.5) is 0 Å². The van der Waals surface area contributed by atoms with Crippen LogP contribution in [0.25, 0.3) is 6.08 Å². The van der Waals surface area contributed by atoms with E-state index >= 15 is 0 Å². The maximum absolute atomic E-state index is 12.3. The van der Waals surface area contributed by atoms with E-state index in [1.807, 2.05) is 34.0 Å². The average Bonchev–Trinajstić information content (AvgIpc) is 3.30. The summed E-state index contributed by atoms with van der Waals surface area (Å²) in [4.78, 5) is 14.2. The second-order valence-electron chi connectivity index (χ2n) is 5.56. The van der Waals surface area contributed by atoms with Crippen molar-refractivity contribution in [2.75, 3.05) is 27.3 Å². The van der Waals surface area contributed by atoms with Crippen LogP contribution >= 0.6 is 0 Å². The minimum atomic E-state index is -0.00704. The normalized spacial score (nSPS) is 17.4. The number of aromatic nitrogens is 3. The van der Waals surface area contributed by atoms with Crippen LogP contribution in [0.1, 0.15) is 18.0 Å². The molecule has 0 N–H and O–H groups in total. The van der Waals surface area contributed by atoms with E-state index in [0.717, 1.165) is 18.5 Å². The van der Waals surface area contributed by atoms with E-state index in [-0.39, 0.29) is 11.9 Å². The zero-order chi connectivity index (χ0) is 16.9. The first-order chi connectivity index (χ1) is 11.7. The Morgan fingerprint density at radius 1 is 1.29 bits per heavy atom. The number of amides is 1. The third-order valence-electron chi connectivity index (χ3n) is 4.12. The Morgan fingerprint density at radius 3 is 2.83 bits per heavy atom. The third-order valence-corrected chi connectivity index (χ3v) is 4.12. The molecule has 1 unspecified atom stereocenters. The van der Waals surface area contributed by atoms with Gasteiger partial charge in [0.1, 0.15) is 0 Å². The maximum Gasteiger partial charge on any atom is 0.246 e. The molecule has 0 saturated carbocycles. The summed E-state index contributed by atoms with van der Waals surface area (Å²) >= 11 is 0. The van der Waals surface area contributed by atoms with Crippen LogP contribution in [0.2, 0.25) is 0 Å². The van der Waals surface area contributed by atoms with Gasteiger partial charge in [0.25, 0.3) is 0 Å². The van der Waals surface area contributed by atoms with Gasteiger partial charge in [-0.3, -0.25) is 4.79 Å². The number of methoxy groups -OCH3 is 2. The molecule has 2 aromatic rings. The van der Waals surface area contributed by atoms with Crippen molar-refractivity contribution in [3.05, 3.63) is 42.2 Å². The summed E-state index contributed by atoms with van der Waals surface area (Å²) in [5.74, 6) is 1.29. The summed E-state index contributed by atoms with van der Waals surface area (Å²) in [5.41, 5.74) is 0.882. The van der Waals surface area contributed by atoms with Crippen LogP contribution in [0.3, 0.4) is 0 Å². The number of hydrogen-bond acceptors (Lipinski definition) is 5. The smallest absolute Gasteiger partial charge is 0.246 e. The van der Waals surface area contributed by atoms with E-state index in [4.69, 9.17) is 9.47 Å². The first-order valence-electron chi connectivity index (χ1n) is 7.76. The molecule has 0 radical (unpaired) electrons.